The fourth-order valence-corrected chi connectivity index (χ4v) is 10.1. The molecule has 2 heterocycles. The van der Waals surface area contributed by atoms with Crippen LogP contribution in [0.4, 0.5) is 0 Å². The number of rotatable bonds is 10. The minimum Gasteiger partial charge on any atom is -0.492 e. The van der Waals surface area contributed by atoms with E-state index in [1.165, 1.54) is 24.3 Å². The van der Waals surface area contributed by atoms with Gasteiger partial charge in [0.15, 0.2) is 19.7 Å². The summed E-state index contributed by atoms with van der Waals surface area (Å²) in [5.41, 5.74) is 1.35. The smallest absolute Gasteiger partial charge is 0.257 e. The fraction of sp³-hybridized carbons (Fsp3) is 0.387. The Bertz CT molecular complexity index is 1650. The van der Waals surface area contributed by atoms with Crippen molar-refractivity contribution in [2.24, 2.45) is 0 Å². The van der Waals surface area contributed by atoms with Crippen LogP contribution in [0.3, 0.4) is 0 Å². The van der Waals surface area contributed by atoms with E-state index in [1.807, 2.05) is 31.2 Å². The second-order valence-corrected chi connectivity index (χ2v) is 15.2. The average molecular weight is 631 g/mol. The van der Waals surface area contributed by atoms with Crippen molar-refractivity contribution < 1.29 is 26.4 Å². The predicted octanol–water partition coefficient (Wildman–Crippen LogP) is 4.82. The number of nitrogens with zero attached hydrogens (tertiary/aromatic N) is 2. The van der Waals surface area contributed by atoms with Crippen LogP contribution in [-0.4, -0.2) is 77.6 Å². The van der Waals surface area contributed by atoms with Gasteiger partial charge < -0.3 is 9.64 Å². The fourth-order valence-electron chi connectivity index (χ4n) is 5.52. The first-order valence-corrected chi connectivity index (χ1v) is 17.8. The highest BCUT2D eigenvalue weighted by Crippen LogP contribution is 2.47. The lowest BCUT2D eigenvalue weighted by Gasteiger charge is -2.35. The van der Waals surface area contributed by atoms with Gasteiger partial charge in [0.05, 0.1) is 27.7 Å². The molecule has 42 heavy (non-hydrogen) atoms. The van der Waals surface area contributed by atoms with Crippen LogP contribution < -0.4 is 4.74 Å². The first-order valence-electron chi connectivity index (χ1n) is 14.2. The van der Waals surface area contributed by atoms with Crippen molar-refractivity contribution in [3.8, 4) is 5.75 Å². The topological polar surface area (TPSA) is 101 Å². The number of hydrogen-bond donors (Lipinski definition) is 0. The minimum atomic E-state index is -4.08. The van der Waals surface area contributed by atoms with Crippen molar-refractivity contribution in [2.45, 2.75) is 41.2 Å². The van der Waals surface area contributed by atoms with Gasteiger partial charge in [-0.2, -0.15) is 0 Å². The van der Waals surface area contributed by atoms with Gasteiger partial charge in [0, 0.05) is 43.3 Å². The molecule has 1 saturated heterocycles. The van der Waals surface area contributed by atoms with Crippen molar-refractivity contribution >= 4 is 37.2 Å². The molecule has 0 N–H and O–H groups in total. The third-order valence-electron chi connectivity index (χ3n) is 7.92. The number of hydrogen-bond acceptors (Lipinski definition) is 7. The van der Waals surface area contributed by atoms with Gasteiger partial charge in [0.1, 0.15) is 11.0 Å². The molecule has 0 spiro atoms. The monoisotopic (exact) mass is 630 g/mol. The van der Waals surface area contributed by atoms with Crippen molar-refractivity contribution in [2.75, 3.05) is 45.1 Å². The number of piperazine rings is 1. The Hall–Kier alpha value is -2.92. The van der Waals surface area contributed by atoms with Crippen molar-refractivity contribution in [3.63, 3.8) is 0 Å². The lowest BCUT2D eigenvalue weighted by Crippen LogP contribution is -2.49. The van der Waals surface area contributed by atoms with E-state index in [2.05, 4.69) is 4.90 Å². The highest BCUT2D eigenvalue weighted by molar-refractivity contribution is 7.96. The van der Waals surface area contributed by atoms with E-state index in [9.17, 15) is 21.6 Å². The number of benzene rings is 3. The first-order chi connectivity index (χ1) is 20.1. The molecule has 0 aliphatic carbocycles. The molecule has 8 nitrogen and oxygen atoms in total. The summed E-state index contributed by atoms with van der Waals surface area (Å²) in [5.74, 6) is -0.821. The van der Waals surface area contributed by atoms with Crippen LogP contribution >= 0.6 is 11.6 Å². The summed E-state index contributed by atoms with van der Waals surface area (Å²) in [5, 5.41) is -0.626. The van der Waals surface area contributed by atoms with Crippen LogP contribution in [0.25, 0.3) is 0 Å². The Morgan fingerprint density at radius 3 is 2.36 bits per heavy atom. The molecule has 3 aromatic carbocycles. The number of ether oxygens (including phenoxy) is 1. The summed E-state index contributed by atoms with van der Waals surface area (Å²) < 4.78 is 60.0. The number of sulfone groups is 2. The van der Waals surface area contributed by atoms with Crippen molar-refractivity contribution in [3.05, 3.63) is 88.4 Å². The number of fused-ring (bicyclic) bond motifs is 1. The zero-order valence-electron chi connectivity index (χ0n) is 23.5. The van der Waals surface area contributed by atoms with Gasteiger partial charge in [-0.05, 0) is 48.7 Å². The molecule has 1 atom stereocenters. The van der Waals surface area contributed by atoms with Gasteiger partial charge in [0.2, 0.25) is 0 Å². The Balaban J connectivity index is 1.42. The van der Waals surface area contributed by atoms with E-state index in [-0.39, 0.29) is 39.2 Å². The SMILES string of the molecule is CCCCOc1c(C(=O)N2CCN(CCc3ccccc3Cl)CC2)ccc2c1C(S(=O)(=O)c1ccccc1)CS2(=O)=O. The third-order valence-corrected chi connectivity index (χ3v) is 12.4. The van der Waals surface area contributed by atoms with Crippen LogP contribution in [0, 0.1) is 0 Å². The summed E-state index contributed by atoms with van der Waals surface area (Å²) in [4.78, 5) is 17.8. The highest BCUT2D eigenvalue weighted by atomic mass is 35.5. The zero-order valence-corrected chi connectivity index (χ0v) is 25.9. The normalized spacial score (nSPS) is 18.5. The molecular weight excluding hydrogens is 596 g/mol. The molecule has 11 heteroatoms. The summed E-state index contributed by atoms with van der Waals surface area (Å²) >= 11 is 6.31. The summed E-state index contributed by atoms with van der Waals surface area (Å²) in [6.07, 6.45) is 2.29. The van der Waals surface area contributed by atoms with E-state index >= 15 is 0 Å². The van der Waals surface area contributed by atoms with Gasteiger partial charge >= 0.3 is 0 Å². The van der Waals surface area contributed by atoms with Gasteiger partial charge in [-0.25, -0.2) is 16.8 Å². The number of amides is 1. The lowest BCUT2D eigenvalue weighted by atomic mass is 10.0. The van der Waals surface area contributed by atoms with E-state index in [4.69, 9.17) is 16.3 Å². The van der Waals surface area contributed by atoms with Crippen LogP contribution in [0.2, 0.25) is 5.02 Å². The van der Waals surface area contributed by atoms with E-state index in [1.54, 1.807) is 23.1 Å². The summed E-state index contributed by atoms with van der Waals surface area (Å²) in [7, 11) is -7.99. The Kier molecular flexibility index (Phi) is 9.27. The third kappa shape index (κ3) is 6.22. The number of halogens is 1. The molecular formula is C31H35ClN2O6S2. The number of unbranched alkanes of at least 4 members (excludes halogenated alkanes) is 1. The van der Waals surface area contributed by atoms with Gasteiger partial charge in [-0.3, -0.25) is 9.69 Å². The second kappa shape index (κ2) is 12.8. The molecule has 3 aromatic rings. The second-order valence-electron chi connectivity index (χ2n) is 10.7. The van der Waals surface area contributed by atoms with Gasteiger partial charge in [-0.1, -0.05) is 61.3 Å². The average Bonchev–Trinajstić information content (AvgIpc) is 3.28. The van der Waals surface area contributed by atoms with E-state index < -0.39 is 30.7 Å². The maximum atomic E-state index is 13.9. The first kappa shape index (κ1) is 30.5. The maximum Gasteiger partial charge on any atom is 0.257 e. The number of carbonyl (C=O) groups is 1. The van der Waals surface area contributed by atoms with Crippen molar-refractivity contribution in [1.29, 1.82) is 0 Å². The zero-order chi connectivity index (χ0) is 29.9. The Labute approximate surface area is 253 Å². The van der Waals surface area contributed by atoms with Crippen LogP contribution in [0.5, 0.6) is 5.75 Å². The predicted molar refractivity (Wildman–Crippen MR) is 163 cm³/mol. The molecule has 1 amide bonds. The maximum absolute atomic E-state index is 13.9. The minimum absolute atomic E-state index is 0.0298. The van der Waals surface area contributed by atoms with E-state index in [0.717, 1.165) is 30.0 Å². The van der Waals surface area contributed by atoms with Crippen LogP contribution in [-0.2, 0) is 26.1 Å². The van der Waals surface area contributed by atoms with Gasteiger partial charge in [0.25, 0.3) is 5.91 Å². The molecule has 0 radical (unpaired) electrons. The molecule has 0 aromatic heterocycles. The largest absolute Gasteiger partial charge is 0.492 e. The quantitative estimate of drug-likeness (QED) is 0.296. The Morgan fingerprint density at radius 2 is 1.67 bits per heavy atom. The molecule has 1 fully saturated rings. The van der Waals surface area contributed by atoms with Crippen LogP contribution in [0.15, 0.2) is 76.5 Å². The molecule has 2 aliphatic rings. The molecule has 0 bridgehead atoms. The van der Waals surface area contributed by atoms with Crippen molar-refractivity contribution in [1.82, 2.24) is 9.80 Å². The van der Waals surface area contributed by atoms with Crippen LogP contribution in [0.1, 0.15) is 46.5 Å². The van der Waals surface area contributed by atoms with Gasteiger partial charge in [-0.15, -0.1) is 0 Å². The summed E-state index contributed by atoms with van der Waals surface area (Å²) in [6, 6.07) is 18.4. The van der Waals surface area contributed by atoms with E-state index in [0.29, 0.717) is 32.6 Å². The summed E-state index contributed by atoms with van der Waals surface area (Å²) in [6.45, 7) is 5.35. The number of carbonyl (C=O) groups excluding carboxylic acids is 1. The molecule has 5 rings (SSSR count). The highest BCUT2D eigenvalue weighted by Gasteiger charge is 2.46. The molecule has 2 aliphatic heterocycles. The molecule has 1 unspecified atom stereocenters. The molecule has 0 saturated carbocycles. The Morgan fingerprint density at radius 1 is 0.976 bits per heavy atom. The lowest BCUT2D eigenvalue weighted by molar-refractivity contribution is 0.0634. The standard InChI is InChI=1S/C31H35ClN2O6S2/c1-2-3-21-40-30-25(31(35)34-19-17-33(18-20-34)16-15-23-9-7-8-12-26(23)32)13-14-27-29(30)28(22-41(27,36)37)42(38,39)24-10-5-4-6-11-24/h4-14,28H,2-3,15-22H2,1H3. The molecule has 224 valence electrons.